The lowest BCUT2D eigenvalue weighted by Crippen LogP contribution is -2.52. The Bertz CT molecular complexity index is 1380. The van der Waals surface area contributed by atoms with E-state index < -0.39 is 28.5 Å². The van der Waals surface area contributed by atoms with Gasteiger partial charge in [-0.2, -0.15) is 30.6 Å². The van der Waals surface area contributed by atoms with Crippen LogP contribution >= 0.6 is 0 Å². The Balaban J connectivity index is 1.30. The Labute approximate surface area is 200 Å². The summed E-state index contributed by atoms with van der Waals surface area (Å²) in [5.41, 5.74) is 3.73. The molecule has 1 saturated heterocycles. The van der Waals surface area contributed by atoms with Gasteiger partial charge in [-0.15, -0.1) is 0 Å². The predicted octanol–water partition coefficient (Wildman–Crippen LogP) is 3.98. The zero-order chi connectivity index (χ0) is 24.4. The first-order valence-electron chi connectivity index (χ1n) is 11.5. The van der Waals surface area contributed by atoms with Crippen LogP contribution in [0.1, 0.15) is 24.0 Å². The van der Waals surface area contributed by atoms with Gasteiger partial charge >= 0.3 is 6.18 Å². The van der Waals surface area contributed by atoms with Crippen molar-refractivity contribution in [2.24, 2.45) is 11.8 Å². The molecule has 1 N–H and O–H groups in total. The summed E-state index contributed by atoms with van der Waals surface area (Å²) in [5, 5.41) is 4.17. The first kappa shape index (κ1) is 22.7. The second kappa shape index (κ2) is 7.87. The van der Waals surface area contributed by atoms with Crippen LogP contribution in [0.2, 0.25) is 0 Å². The Morgan fingerprint density at radius 2 is 1.74 bits per heavy atom. The highest BCUT2D eigenvalue weighted by Crippen LogP contribution is 2.51. The molecule has 1 spiro atoms. The number of fused-ring (bicyclic) bond motifs is 1. The van der Waals surface area contributed by atoms with Crippen LogP contribution in [0.4, 0.5) is 13.2 Å². The molecule has 3 heterocycles. The van der Waals surface area contributed by atoms with E-state index in [1.54, 1.807) is 12.4 Å². The summed E-state index contributed by atoms with van der Waals surface area (Å²) in [6.07, 6.45) is 1.54. The van der Waals surface area contributed by atoms with Crippen LogP contribution in [0.3, 0.4) is 0 Å². The molecule has 35 heavy (non-hydrogen) atoms. The quantitative estimate of drug-likeness (QED) is 0.583. The molecule has 0 amide bonds. The number of alkyl halides is 3. The lowest BCUT2D eigenvalue weighted by molar-refractivity contribution is -0.136. The van der Waals surface area contributed by atoms with Crippen molar-refractivity contribution in [2.45, 2.75) is 37.4 Å². The van der Waals surface area contributed by atoms with Crippen LogP contribution in [0.25, 0.3) is 22.6 Å². The molecule has 3 atom stereocenters. The predicted molar refractivity (Wildman–Crippen MR) is 121 cm³/mol. The zero-order valence-corrected chi connectivity index (χ0v) is 19.4. The van der Waals surface area contributed by atoms with Gasteiger partial charge in [0.05, 0.1) is 5.54 Å². The highest BCUT2D eigenvalue weighted by atomic mass is 32.2. The van der Waals surface area contributed by atoms with Gasteiger partial charge in [-0.3, -0.25) is 4.98 Å². The van der Waals surface area contributed by atoms with Crippen molar-refractivity contribution in [3.63, 3.8) is 0 Å². The molecule has 0 unspecified atom stereocenters. The second-order valence-electron chi connectivity index (χ2n) is 9.71. The number of rotatable bonds is 3. The minimum Gasteiger partial charge on any atom is -0.356 e. The van der Waals surface area contributed by atoms with Gasteiger partial charge in [0.25, 0.3) is 10.2 Å². The number of hydrogen-bond donors (Lipinski definition) is 1. The SMILES string of the molecule is O=S1(=O)N[C@@]2(CN1CC(F)(F)F)[C@@H]1CC[C@H]2Cc2ccc(-c3cc(-c4ccncc4)no3)cc2C1. The van der Waals surface area contributed by atoms with Crippen LogP contribution in [0.15, 0.2) is 53.3 Å². The topological polar surface area (TPSA) is 88.3 Å². The lowest BCUT2D eigenvalue weighted by atomic mass is 9.79. The maximum atomic E-state index is 13.1. The minimum absolute atomic E-state index is 0.0591. The Hall–Kier alpha value is -2.76. The van der Waals surface area contributed by atoms with Crippen molar-refractivity contribution in [1.29, 1.82) is 0 Å². The summed E-state index contributed by atoms with van der Waals surface area (Å²) >= 11 is 0. The van der Waals surface area contributed by atoms with Crippen molar-refractivity contribution in [3.05, 3.63) is 59.9 Å². The molecule has 2 aromatic heterocycles. The monoisotopic (exact) mass is 504 g/mol. The minimum atomic E-state index is -4.59. The number of pyridine rings is 1. The van der Waals surface area contributed by atoms with Crippen LogP contribution in [-0.2, 0) is 23.1 Å². The van der Waals surface area contributed by atoms with E-state index in [9.17, 15) is 21.6 Å². The molecule has 2 bridgehead atoms. The normalized spacial score (nSPS) is 27.7. The van der Waals surface area contributed by atoms with E-state index in [0.717, 1.165) is 35.1 Å². The van der Waals surface area contributed by atoms with Gasteiger partial charge in [-0.05, 0) is 66.8 Å². The molecule has 1 saturated carbocycles. The Kier molecular flexibility index (Phi) is 5.10. The van der Waals surface area contributed by atoms with Crippen LogP contribution < -0.4 is 4.72 Å². The highest BCUT2D eigenvalue weighted by Gasteiger charge is 2.60. The Morgan fingerprint density at radius 1 is 1.03 bits per heavy atom. The smallest absolute Gasteiger partial charge is 0.356 e. The molecule has 11 heteroatoms. The van der Waals surface area contributed by atoms with E-state index in [1.165, 1.54) is 0 Å². The molecule has 6 rings (SSSR count). The first-order valence-corrected chi connectivity index (χ1v) is 12.9. The third-order valence-electron chi connectivity index (χ3n) is 7.68. The fourth-order valence-corrected chi connectivity index (χ4v) is 7.78. The van der Waals surface area contributed by atoms with Crippen molar-refractivity contribution in [2.75, 3.05) is 13.1 Å². The van der Waals surface area contributed by atoms with Gasteiger partial charge in [0, 0.05) is 36.1 Å². The van der Waals surface area contributed by atoms with E-state index in [1.807, 2.05) is 36.4 Å². The number of halogens is 3. The molecule has 0 radical (unpaired) electrons. The number of hydrogen-bond acceptors (Lipinski definition) is 5. The van der Waals surface area contributed by atoms with Crippen LogP contribution in [0, 0.1) is 11.8 Å². The van der Waals surface area contributed by atoms with E-state index in [4.69, 9.17) is 4.52 Å². The van der Waals surface area contributed by atoms with E-state index in [2.05, 4.69) is 14.9 Å². The molecule has 3 aromatic rings. The third kappa shape index (κ3) is 3.95. The Morgan fingerprint density at radius 3 is 2.46 bits per heavy atom. The van der Waals surface area contributed by atoms with E-state index >= 15 is 0 Å². The number of aromatic nitrogens is 2. The fourth-order valence-electron chi connectivity index (χ4n) is 6.07. The molecule has 1 aliphatic heterocycles. The average molecular weight is 505 g/mol. The summed E-state index contributed by atoms with van der Waals surface area (Å²) in [6.45, 7) is -1.62. The van der Waals surface area contributed by atoms with Gasteiger partial charge in [-0.1, -0.05) is 17.3 Å². The summed E-state index contributed by atoms with van der Waals surface area (Å²) in [7, 11) is -4.20. The average Bonchev–Trinajstić information content (AvgIpc) is 3.43. The highest BCUT2D eigenvalue weighted by molar-refractivity contribution is 7.87. The zero-order valence-electron chi connectivity index (χ0n) is 18.6. The maximum Gasteiger partial charge on any atom is 0.402 e. The summed E-state index contributed by atoms with van der Waals surface area (Å²) in [4.78, 5) is 4.01. The molecule has 1 aromatic carbocycles. The van der Waals surface area contributed by atoms with Crippen LogP contribution in [0.5, 0.6) is 0 Å². The van der Waals surface area contributed by atoms with E-state index in [-0.39, 0.29) is 18.4 Å². The maximum absolute atomic E-state index is 13.1. The van der Waals surface area contributed by atoms with Crippen molar-refractivity contribution >= 4 is 10.2 Å². The third-order valence-corrected chi connectivity index (χ3v) is 9.26. The molecule has 184 valence electrons. The second-order valence-corrected chi connectivity index (χ2v) is 11.4. The standard InChI is InChI=1S/C24H23F3N4O3S/c25-24(26,27)14-31-13-23(30-35(31,32)33)19-3-4-20(23)11-18-9-17(2-1-16(18)10-19)22-12-21(29-34-22)15-5-7-28-8-6-15/h1-2,5-9,12,19-20,30H,3-4,10-11,13-14H2/t19-,20+,23+/m0/s1. The molecule has 7 nitrogen and oxygen atoms in total. The van der Waals surface area contributed by atoms with Gasteiger partial charge in [0.2, 0.25) is 0 Å². The lowest BCUT2D eigenvalue weighted by Gasteiger charge is -2.33. The van der Waals surface area contributed by atoms with Crippen molar-refractivity contribution in [1.82, 2.24) is 19.2 Å². The van der Waals surface area contributed by atoms with Gasteiger partial charge < -0.3 is 4.52 Å². The van der Waals surface area contributed by atoms with Crippen molar-refractivity contribution in [3.8, 4) is 22.6 Å². The number of nitrogens with one attached hydrogen (secondary N) is 1. The fraction of sp³-hybridized carbons (Fsp3) is 0.417. The van der Waals surface area contributed by atoms with Crippen LogP contribution in [-0.4, -0.2) is 47.7 Å². The van der Waals surface area contributed by atoms with Gasteiger partial charge in [0.15, 0.2) is 5.76 Å². The largest absolute Gasteiger partial charge is 0.402 e. The summed E-state index contributed by atoms with van der Waals surface area (Å²) < 4.78 is 73.4. The molecule has 2 aliphatic carbocycles. The van der Waals surface area contributed by atoms with Crippen molar-refractivity contribution < 1.29 is 26.1 Å². The molecular weight excluding hydrogens is 481 g/mol. The molecular formula is C24H23F3N4O3S. The number of nitrogens with zero attached hydrogens (tertiary/aromatic N) is 3. The van der Waals surface area contributed by atoms with Gasteiger partial charge in [-0.25, -0.2) is 0 Å². The molecule has 2 fully saturated rings. The first-order chi connectivity index (χ1) is 16.6. The van der Waals surface area contributed by atoms with E-state index in [0.29, 0.717) is 28.6 Å². The van der Waals surface area contributed by atoms with Gasteiger partial charge in [0.1, 0.15) is 12.2 Å². The summed E-state index contributed by atoms with van der Waals surface area (Å²) in [6, 6.07) is 11.6. The molecule has 3 aliphatic rings. The summed E-state index contributed by atoms with van der Waals surface area (Å²) in [5.74, 6) is 0.469. The number of benzene rings is 1.